The summed E-state index contributed by atoms with van der Waals surface area (Å²) >= 11 is 0. The molecule has 2 aromatic rings. The SMILES string of the molecule is O=C1COCc2cc(-c3ccccc3)ccc2N1CC1CC1. The number of benzene rings is 2. The van der Waals surface area contributed by atoms with E-state index in [0.717, 1.165) is 17.8 Å². The highest BCUT2D eigenvalue weighted by Gasteiger charge is 2.30. The lowest BCUT2D eigenvalue weighted by Crippen LogP contribution is -2.34. The van der Waals surface area contributed by atoms with Crippen LogP contribution in [0, 0.1) is 5.92 Å². The third-order valence-electron chi connectivity index (χ3n) is 4.40. The summed E-state index contributed by atoms with van der Waals surface area (Å²) in [5, 5.41) is 0. The average Bonchev–Trinajstić information content (AvgIpc) is 3.38. The van der Waals surface area contributed by atoms with Gasteiger partial charge in [-0.1, -0.05) is 36.4 Å². The van der Waals surface area contributed by atoms with E-state index in [2.05, 4.69) is 30.3 Å². The molecule has 0 atom stereocenters. The molecule has 112 valence electrons. The second-order valence-corrected chi connectivity index (χ2v) is 6.15. The van der Waals surface area contributed by atoms with Gasteiger partial charge < -0.3 is 9.64 Å². The summed E-state index contributed by atoms with van der Waals surface area (Å²) in [7, 11) is 0. The number of carbonyl (C=O) groups excluding carboxylic acids is 1. The van der Waals surface area contributed by atoms with E-state index in [-0.39, 0.29) is 12.5 Å². The third kappa shape index (κ3) is 2.64. The number of rotatable bonds is 3. The molecule has 2 aliphatic rings. The van der Waals surface area contributed by atoms with Gasteiger partial charge in [-0.15, -0.1) is 0 Å². The molecular formula is C19H19NO2. The first-order valence-electron chi connectivity index (χ1n) is 7.88. The molecule has 1 amide bonds. The van der Waals surface area contributed by atoms with Crippen LogP contribution < -0.4 is 4.90 Å². The van der Waals surface area contributed by atoms with Gasteiger partial charge in [0.2, 0.25) is 0 Å². The van der Waals surface area contributed by atoms with Crippen LogP contribution in [0.25, 0.3) is 11.1 Å². The summed E-state index contributed by atoms with van der Waals surface area (Å²) in [6, 6.07) is 16.6. The Morgan fingerprint density at radius 2 is 1.82 bits per heavy atom. The molecule has 0 bridgehead atoms. The van der Waals surface area contributed by atoms with Crippen molar-refractivity contribution in [3.8, 4) is 11.1 Å². The molecule has 1 aliphatic carbocycles. The molecule has 0 spiro atoms. The Hall–Kier alpha value is -2.13. The number of anilines is 1. The van der Waals surface area contributed by atoms with E-state index in [4.69, 9.17) is 4.74 Å². The maximum atomic E-state index is 12.3. The molecule has 1 aliphatic heterocycles. The van der Waals surface area contributed by atoms with Crippen LogP contribution in [0.2, 0.25) is 0 Å². The fraction of sp³-hybridized carbons (Fsp3) is 0.316. The van der Waals surface area contributed by atoms with Gasteiger partial charge in [0.05, 0.1) is 6.61 Å². The summed E-state index contributed by atoms with van der Waals surface area (Å²) in [5.41, 5.74) is 4.49. The molecule has 0 saturated heterocycles. The number of ether oxygens (including phenoxy) is 1. The molecule has 0 aromatic heterocycles. The number of hydrogen-bond acceptors (Lipinski definition) is 2. The van der Waals surface area contributed by atoms with Gasteiger partial charge in [0, 0.05) is 17.8 Å². The van der Waals surface area contributed by atoms with Gasteiger partial charge in [0.1, 0.15) is 6.61 Å². The highest BCUT2D eigenvalue weighted by Crippen LogP contribution is 2.35. The Morgan fingerprint density at radius 1 is 1.00 bits per heavy atom. The smallest absolute Gasteiger partial charge is 0.253 e. The zero-order valence-electron chi connectivity index (χ0n) is 12.5. The topological polar surface area (TPSA) is 29.5 Å². The quantitative estimate of drug-likeness (QED) is 0.865. The van der Waals surface area contributed by atoms with Gasteiger partial charge in [0.15, 0.2) is 0 Å². The monoisotopic (exact) mass is 293 g/mol. The average molecular weight is 293 g/mol. The minimum atomic E-state index is 0.0816. The predicted molar refractivity (Wildman–Crippen MR) is 86.6 cm³/mol. The molecule has 1 heterocycles. The van der Waals surface area contributed by atoms with Crippen LogP contribution in [-0.4, -0.2) is 19.1 Å². The fourth-order valence-corrected chi connectivity index (χ4v) is 2.99. The van der Waals surface area contributed by atoms with Gasteiger partial charge in [-0.05, 0) is 42.0 Å². The lowest BCUT2D eigenvalue weighted by Gasteiger charge is -2.22. The zero-order valence-corrected chi connectivity index (χ0v) is 12.5. The molecular weight excluding hydrogens is 274 g/mol. The Kier molecular flexibility index (Phi) is 3.43. The van der Waals surface area contributed by atoms with Crippen molar-refractivity contribution in [2.24, 2.45) is 5.92 Å². The van der Waals surface area contributed by atoms with E-state index < -0.39 is 0 Å². The molecule has 22 heavy (non-hydrogen) atoms. The van der Waals surface area contributed by atoms with Crippen LogP contribution in [0.4, 0.5) is 5.69 Å². The van der Waals surface area contributed by atoms with Gasteiger partial charge in [0.25, 0.3) is 5.91 Å². The first-order chi connectivity index (χ1) is 10.8. The second kappa shape index (κ2) is 5.58. The fourth-order valence-electron chi connectivity index (χ4n) is 2.99. The van der Waals surface area contributed by atoms with Crippen molar-refractivity contribution >= 4 is 11.6 Å². The first kappa shape index (κ1) is 13.5. The lowest BCUT2D eigenvalue weighted by atomic mass is 10.0. The standard InChI is InChI=1S/C19H19NO2/c21-19-13-22-12-17-10-16(15-4-2-1-3-5-15)8-9-18(17)20(19)11-14-6-7-14/h1-5,8-10,14H,6-7,11-13H2. The summed E-state index contributed by atoms with van der Waals surface area (Å²) in [6.07, 6.45) is 2.48. The van der Waals surface area contributed by atoms with Crippen LogP contribution in [0.5, 0.6) is 0 Å². The normalized spacial score (nSPS) is 18.0. The molecule has 1 saturated carbocycles. The number of fused-ring (bicyclic) bond motifs is 1. The van der Waals surface area contributed by atoms with Gasteiger partial charge in [-0.25, -0.2) is 0 Å². The molecule has 3 nitrogen and oxygen atoms in total. The molecule has 1 fully saturated rings. The highest BCUT2D eigenvalue weighted by atomic mass is 16.5. The second-order valence-electron chi connectivity index (χ2n) is 6.15. The number of nitrogens with zero attached hydrogens (tertiary/aromatic N) is 1. The number of carbonyl (C=O) groups is 1. The molecule has 0 N–H and O–H groups in total. The summed E-state index contributed by atoms with van der Waals surface area (Å²) in [4.78, 5) is 14.2. The van der Waals surface area contributed by atoms with Gasteiger partial charge >= 0.3 is 0 Å². The third-order valence-corrected chi connectivity index (χ3v) is 4.40. The zero-order chi connectivity index (χ0) is 14.9. The number of amides is 1. The van der Waals surface area contributed by atoms with Crippen LogP contribution in [0.15, 0.2) is 48.5 Å². The van der Waals surface area contributed by atoms with Crippen molar-refractivity contribution in [2.45, 2.75) is 19.4 Å². The van der Waals surface area contributed by atoms with Gasteiger partial charge in [-0.3, -0.25) is 4.79 Å². The minimum absolute atomic E-state index is 0.0816. The maximum absolute atomic E-state index is 12.3. The Bertz CT molecular complexity index is 692. The highest BCUT2D eigenvalue weighted by molar-refractivity contribution is 5.96. The van der Waals surface area contributed by atoms with E-state index >= 15 is 0 Å². The predicted octanol–water partition coefficient (Wildman–Crippen LogP) is 3.63. The van der Waals surface area contributed by atoms with E-state index in [1.807, 2.05) is 23.1 Å². The number of hydrogen-bond donors (Lipinski definition) is 0. The molecule has 4 rings (SSSR count). The lowest BCUT2D eigenvalue weighted by molar-refractivity contribution is -0.123. The van der Waals surface area contributed by atoms with Crippen molar-refractivity contribution < 1.29 is 9.53 Å². The maximum Gasteiger partial charge on any atom is 0.253 e. The van der Waals surface area contributed by atoms with Crippen molar-refractivity contribution in [3.05, 3.63) is 54.1 Å². The van der Waals surface area contributed by atoms with Crippen LogP contribution in [-0.2, 0) is 16.1 Å². The van der Waals surface area contributed by atoms with E-state index in [9.17, 15) is 4.79 Å². The molecule has 0 unspecified atom stereocenters. The van der Waals surface area contributed by atoms with E-state index in [1.54, 1.807) is 0 Å². The van der Waals surface area contributed by atoms with Crippen molar-refractivity contribution in [1.29, 1.82) is 0 Å². The van der Waals surface area contributed by atoms with Crippen LogP contribution in [0.1, 0.15) is 18.4 Å². The summed E-state index contributed by atoms with van der Waals surface area (Å²) < 4.78 is 5.57. The Balaban J connectivity index is 1.72. The Morgan fingerprint density at radius 3 is 2.59 bits per heavy atom. The molecule has 0 radical (unpaired) electrons. The Labute approximate surface area is 130 Å². The summed E-state index contributed by atoms with van der Waals surface area (Å²) in [6.45, 7) is 1.52. The largest absolute Gasteiger partial charge is 0.367 e. The molecule has 2 aromatic carbocycles. The van der Waals surface area contributed by atoms with Crippen LogP contribution in [0.3, 0.4) is 0 Å². The van der Waals surface area contributed by atoms with Crippen molar-refractivity contribution in [3.63, 3.8) is 0 Å². The minimum Gasteiger partial charge on any atom is -0.367 e. The van der Waals surface area contributed by atoms with Crippen molar-refractivity contribution in [1.82, 2.24) is 0 Å². The first-order valence-corrected chi connectivity index (χ1v) is 7.88. The summed E-state index contributed by atoms with van der Waals surface area (Å²) in [5.74, 6) is 0.752. The molecule has 3 heteroatoms. The van der Waals surface area contributed by atoms with Gasteiger partial charge in [-0.2, -0.15) is 0 Å². The van der Waals surface area contributed by atoms with Crippen LogP contribution >= 0.6 is 0 Å². The van der Waals surface area contributed by atoms with Crippen molar-refractivity contribution in [2.75, 3.05) is 18.1 Å². The van der Waals surface area contributed by atoms with E-state index in [0.29, 0.717) is 12.5 Å². The van der Waals surface area contributed by atoms with E-state index in [1.165, 1.54) is 24.0 Å².